The van der Waals surface area contributed by atoms with Crippen LogP contribution in [0.5, 0.6) is 0 Å². The van der Waals surface area contributed by atoms with Crippen LogP contribution in [0.15, 0.2) is 29.4 Å². The van der Waals surface area contributed by atoms with E-state index in [2.05, 4.69) is 40.6 Å². The summed E-state index contributed by atoms with van der Waals surface area (Å²) >= 11 is 6.14. The molecule has 2 aromatic rings. The molecular weight excluding hydrogens is 404 g/mol. The lowest BCUT2D eigenvalue weighted by atomic mass is 9.90. The van der Waals surface area contributed by atoms with Crippen LogP contribution in [0.2, 0.25) is 5.15 Å². The van der Waals surface area contributed by atoms with Gasteiger partial charge in [-0.1, -0.05) is 24.6 Å². The first-order valence-electron chi connectivity index (χ1n) is 8.62. The fourth-order valence-corrected chi connectivity index (χ4v) is 4.23. The Morgan fingerprint density at radius 1 is 1.36 bits per heavy atom. The highest BCUT2D eigenvalue weighted by Gasteiger charge is 2.39. The minimum absolute atomic E-state index is 0.0138. The van der Waals surface area contributed by atoms with Gasteiger partial charge in [0.25, 0.3) is 15.9 Å². The highest BCUT2D eigenvalue weighted by Crippen LogP contribution is 2.37. The molecule has 1 saturated heterocycles. The number of hydrogen-bond donors (Lipinski definition) is 2. The molecule has 11 heteroatoms. The Morgan fingerprint density at radius 2 is 2.07 bits per heavy atom. The Morgan fingerprint density at radius 3 is 2.64 bits per heavy atom. The smallest absolute Gasteiger partial charge is 0.286 e. The van der Waals surface area contributed by atoms with Gasteiger partial charge in [0.15, 0.2) is 15.9 Å². The Bertz CT molecular complexity index is 1030. The maximum absolute atomic E-state index is 12.4. The number of rotatable bonds is 4. The summed E-state index contributed by atoms with van der Waals surface area (Å²) in [6, 6.07) is 4.07. The number of anilines is 2. The van der Waals surface area contributed by atoms with Crippen molar-refractivity contribution in [3.05, 3.63) is 35.2 Å². The lowest BCUT2D eigenvalue weighted by Crippen LogP contribution is -2.42. The van der Waals surface area contributed by atoms with Gasteiger partial charge in [-0.05, 0) is 38.3 Å². The van der Waals surface area contributed by atoms with Gasteiger partial charge in [-0.15, -0.1) is 0 Å². The Labute approximate surface area is 168 Å². The number of nitrogens with two attached hydrogens (primary N) is 1. The van der Waals surface area contributed by atoms with Crippen LogP contribution < -0.4 is 15.4 Å². The Hall–Kier alpha value is -2.46. The molecule has 0 spiro atoms. The molecule has 2 aromatic heterocycles. The predicted molar refractivity (Wildman–Crippen MR) is 106 cm³/mol. The highest BCUT2D eigenvalue weighted by atomic mass is 35.5. The second-order valence-corrected chi connectivity index (χ2v) is 9.19. The fourth-order valence-electron chi connectivity index (χ4n) is 3.08. The molecular formula is C17H21ClN6O3S. The van der Waals surface area contributed by atoms with Crippen LogP contribution in [0.4, 0.5) is 11.6 Å². The number of sulfonamides is 1. The highest BCUT2D eigenvalue weighted by molar-refractivity contribution is 7.90. The molecule has 0 bridgehead atoms. The molecule has 0 aromatic carbocycles. The van der Waals surface area contributed by atoms with E-state index < -0.39 is 15.9 Å². The van der Waals surface area contributed by atoms with Gasteiger partial charge in [-0.3, -0.25) is 4.79 Å². The van der Waals surface area contributed by atoms with Gasteiger partial charge in [0.2, 0.25) is 0 Å². The first-order valence-corrected chi connectivity index (χ1v) is 10.5. The number of carbonyl (C=O) groups is 1. The molecule has 9 nitrogen and oxygen atoms in total. The summed E-state index contributed by atoms with van der Waals surface area (Å²) in [5.41, 5.74) is 5.07. The molecule has 150 valence electrons. The fraction of sp³-hybridized carbons (Fsp3) is 0.412. The van der Waals surface area contributed by atoms with Crippen LogP contribution >= 0.6 is 11.6 Å². The van der Waals surface area contributed by atoms with Crippen LogP contribution in [-0.4, -0.2) is 41.4 Å². The first kappa shape index (κ1) is 20.3. The molecule has 0 radical (unpaired) electrons. The molecule has 0 aliphatic carbocycles. The molecule has 1 amide bonds. The monoisotopic (exact) mass is 424 g/mol. The Balaban J connectivity index is 1.84. The zero-order chi connectivity index (χ0) is 20.7. The standard InChI is InChI=1S/C17H21ClN6O3S/c1-10-7-8-24(17(10,2)3)12-9-20-14(15(18)22-12)16(25)23-28(26,27)13-6-4-5-11(19)21-13/h4-6,9-10H,7-8H2,1-3H3,(H2,19,21)(H,23,25). The van der Waals surface area contributed by atoms with E-state index in [-0.39, 0.29) is 27.2 Å². The van der Waals surface area contributed by atoms with E-state index in [1.54, 1.807) is 0 Å². The second-order valence-electron chi connectivity index (χ2n) is 7.20. The summed E-state index contributed by atoms with van der Waals surface area (Å²) in [6.45, 7) is 7.16. The lowest BCUT2D eigenvalue weighted by molar-refractivity contribution is 0.0976. The van der Waals surface area contributed by atoms with Gasteiger partial charge in [0, 0.05) is 12.1 Å². The average molecular weight is 425 g/mol. The van der Waals surface area contributed by atoms with E-state index in [1.807, 2.05) is 4.72 Å². The summed E-state index contributed by atoms with van der Waals surface area (Å²) in [5, 5.41) is -0.560. The van der Waals surface area contributed by atoms with E-state index in [1.165, 1.54) is 24.4 Å². The van der Waals surface area contributed by atoms with Crippen molar-refractivity contribution >= 4 is 39.2 Å². The van der Waals surface area contributed by atoms with E-state index in [0.29, 0.717) is 11.7 Å². The van der Waals surface area contributed by atoms with E-state index in [4.69, 9.17) is 17.3 Å². The number of nitrogens with zero attached hydrogens (tertiary/aromatic N) is 4. The average Bonchev–Trinajstić information content (AvgIpc) is 2.87. The van der Waals surface area contributed by atoms with Gasteiger partial charge >= 0.3 is 0 Å². The quantitative estimate of drug-likeness (QED) is 0.760. The van der Waals surface area contributed by atoms with E-state index in [9.17, 15) is 13.2 Å². The molecule has 1 aliphatic heterocycles. The summed E-state index contributed by atoms with van der Waals surface area (Å²) in [5.74, 6) is 0.00513. The lowest BCUT2D eigenvalue weighted by Gasteiger charge is -2.35. The zero-order valence-electron chi connectivity index (χ0n) is 15.7. The summed E-state index contributed by atoms with van der Waals surface area (Å²) < 4.78 is 26.5. The molecule has 1 atom stereocenters. The van der Waals surface area contributed by atoms with Gasteiger partial charge in [0.1, 0.15) is 11.6 Å². The van der Waals surface area contributed by atoms with Gasteiger partial charge in [-0.25, -0.2) is 19.7 Å². The molecule has 3 N–H and O–H groups in total. The van der Waals surface area contributed by atoms with Crippen molar-refractivity contribution in [2.24, 2.45) is 5.92 Å². The molecule has 1 aliphatic rings. The van der Waals surface area contributed by atoms with Crippen LogP contribution in [0.3, 0.4) is 0 Å². The molecule has 3 rings (SSSR count). The maximum atomic E-state index is 12.4. The largest absolute Gasteiger partial charge is 0.384 e. The van der Waals surface area contributed by atoms with Crippen LogP contribution in [0, 0.1) is 5.92 Å². The van der Waals surface area contributed by atoms with Gasteiger partial charge in [-0.2, -0.15) is 8.42 Å². The van der Waals surface area contributed by atoms with Crippen LogP contribution in [-0.2, 0) is 10.0 Å². The number of nitrogen functional groups attached to an aromatic ring is 1. The number of carbonyl (C=O) groups excluding carboxylic acids is 1. The number of amides is 1. The first-order chi connectivity index (χ1) is 13.0. The zero-order valence-corrected chi connectivity index (χ0v) is 17.3. The second kappa shape index (κ2) is 7.17. The SMILES string of the molecule is CC1CCN(c2cnc(C(=O)NS(=O)(=O)c3cccc(N)n3)c(Cl)n2)C1(C)C. The van der Waals surface area contributed by atoms with E-state index >= 15 is 0 Å². The Kier molecular flexibility index (Phi) is 5.20. The number of halogens is 1. The normalized spacial score (nSPS) is 18.9. The number of hydrogen-bond acceptors (Lipinski definition) is 8. The molecule has 0 saturated carbocycles. The van der Waals surface area contributed by atoms with Crippen molar-refractivity contribution in [1.82, 2.24) is 19.7 Å². The van der Waals surface area contributed by atoms with E-state index in [0.717, 1.165) is 13.0 Å². The third-order valence-electron chi connectivity index (χ3n) is 5.14. The van der Waals surface area contributed by atoms with Crippen molar-refractivity contribution in [3.8, 4) is 0 Å². The minimum Gasteiger partial charge on any atom is -0.384 e. The summed E-state index contributed by atoms with van der Waals surface area (Å²) in [4.78, 5) is 26.5. The van der Waals surface area contributed by atoms with Gasteiger partial charge < -0.3 is 10.6 Å². The third-order valence-corrected chi connectivity index (χ3v) is 6.64. The minimum atomic E-state index is -4.23. The molecule has 1 unspecified atom stereocenters. The number of pyridine rings is 1. The van der Waals surface area contributed by atoms with Crippen molar-refractivity contribution in [2.45, 2.75) is 37.8 Å². The van der Waals surface area contributed by atoms with Crippen LogP contribution in [0.25, 0.3) is 0 Å². The van der Waals surface area contributed by atoms with Crippen molar-refractivity contribution in [2.75, 3.05) is 17.2 Å². The summed E-state index contributed by atoms with van der Waals surface area (Å²) in [6.07, 6.45) is 2.42. The third kappa shape index (κ3) is 3.74. The predicted octanol–water partition coefficient (Wildman–Crippen LogP) is 1.85. The number of nitrogens with one attached hydrogen (secondary N) is 1. The molecule has 3 heterocycles. The van der Waals surface area contributed by atoms with Crippen molar-refractivity contribution in [3.63, 3.8) is 0 Å². The van der Waals surface area contributed by atoms with Crippen LogP contribution in [0.1, 0.15) is 37.7 Å². The van der Waals surface area contributed by atoms with Crippen molar-refractivity contribution in [1.29, 1.82) is 0 Å². The molecule has 1 fully saturated rings. The van der Waals surface area contributed by atoms with Crippen molar-refractivity contribution < 1.29 is 13.2 Å². The topological polar surface area (TPSA) is 131 Å². The molecule has 28 heavy (non-hydrogen) atoms. The maximum Gasteiger partial charge on any atom is 0.286 e. The summed E-state index contributed by atoms with van der Waals surface area (Å²) in [7, 11) is -4.23. The number of aromatic nitrogens is 3. The van der Waals surface area contributed by atoms with Gasteiger partial charge in [0.05, 0.1) is 6.20 Å².